The molecule has 9 heteroatoms. The second-order valence-corrected chi connectivity index (χ2v) is 7.19. The van der Waals surface area contributed by atoms with Crippen LogP contribution < -0.4 is 5.32 Å². The standard InChI is InChI=1S/C18H18FN5OS.ClH/c19-14-4-1-3-13(9-14)17-10-20-6-7-24(17)18(25)16-12-23(22-21-16)11-15-5-2-8-26-15;/h1-5,8-9,12,17,20H,6-7,10-11H2;1H. The SMILES string of the molecule is Cl.O=C(c1cn(Cc2cccs2)nn1)N1CCNCC1c1cccc(F)c1. The Morgan fingerprint density at radius 2 is 2.22 bits per heavy atom. The van der Waals surface area contributed by atoms with Crippen molar-refractivity contribution in [2.75, 3.05) is 19.6 Å². The number of hydrogen-bond donors (Lipinski definition) is 1. The van der Waals surface area contributed by atoms with Gasteiger partial charge >= 0.3 is 0 Å². The molecule has 1 amide bonds. The maximum Gasteiger partial charge on any atom is 0.276 e. The number of benzene rings is 1. The third-order valence-corrected chi connectivity index (χ3v) is 5.25. The number of thiophene rings is 1. The molecular weight excluding hydrogens is 389 g/mol. The molecule has 1 saturated heterocycles. The number of nitrogens with zero attached hydrogens (tertiary/aromatic N) is 4. The summed E-state index contributed by atoms with van der Waals surface area (Å²) in [5, 5.41) is 13.4. The summed E-state index contributed by atoms with van der Waals surface area (Å²) in [5.74, 6) is -0.486. The lowest BCUT2D eigenvalue weighted by atomic mass is 10.0. The minimum absolute atomic E-state index is 0. The summed E-state index contributed by atoms with van der Waals surface area (Å²) in [6, 6.07) is 10.2. The number of carbonyl (C=O) groups is 1. The molecule has 1 N–H and O–H groups in total. The molecule has 6 nitrogen and oxygen atoms in total. The van der Waals surface area contributed by atoms with Crippen LogP contribution in [0.4, 0.5) is 4.39 Å². The molecule has 2 aromatic heterocycles. The highest BCUT2D eigenvalue weighted by molar-refractivity contribution is 7.09. The van der Waals surface area contributed by atoms with E-state index in [1.54, 1.807) is 33.2 Å². The number of carbonyl (C=O) groups excluding carboxylic acids is 1. The Bertz CT molecular complexity index is 901. The van der Waals surface area contributed by atoms with Gasteiger partial charge in [-0.25, -0.2) is 9.07 Å². The van der Waals surface area contributed by atoms with Crippen molar-refractivity contribution in [3.63, 3.8) is 0 Å². The van der Waals surface area contributed by atoms with Gasteiger partial charge < -0.3 is 10.2 Å². The van der Waals surface area contributed by atoms with E-state index in [2.05, 4.69) is 15.6 Å². The minimum Gasteiger partial charge on any atom is -0.328 e. The molecule has 0 aliphatic carbocycles. The van der Waals surface area contributed by atoms with Gasteiger partial charge in [0.25, 0.3) is 5.91 Å². The predicted octanol–water partition coefficient (Wildman–Crippen LogP) is 2.74. The molecule has 1 aliphatic heterocycles. The van der Waals surface area contributed by atoms with Crippen molar-refractivity contribution in [1.82, 2.24) is 25.2 Å². The van der Waals surface area contributed by atoms with Crippen LogP contribution in [0.25, 0.3) is 0 Å². The highest BCUT2D eigenvalue weighted by Crippen LogP contribution is 2.24. The summed E-state index contributed by atoms with van der Waals surface area (Å²) in [6.07, 6.45) is 1.67. The molecule has 1 unspecified atom stereocenters. The molecule has 0 bridgehead atoms. The maximum absolute atomic E-state index is 13.6. The van der Waals surface area contributed by atoms with E-state index in [1.165, 1.54) is 12.1 Å². The van der Waals surface area contributed by atoms with Crippen LogP contribution in [0.15, 0.2) is 48.0 Å². The molecule has 1 fully saturated rings. The lowest BCUT2D eigenvalue weighted by molar-refractivity contribution is 0.0627. The number of halogens is 2. The topological polar surface area (TPSA) is 63.1 Å². The molecule has 0 spiro atoms. The van der Waals surface area contributed by atoms with E-state index in [9.17, 15) is 9.18 Å². The highest BCUT2D eigenvalue weighted by Gasteiger charge is 2.30. The van der Waals surface area contributed by atoms with Gasteiger partial charge in [0, 0.05) is 24.5 Å². The average Bonchev–Trinajstić information content (AvgIpc) is 3.34. The normalized spacial score (nSPS) is 16.8. The third kappa shape index (κ3) is 4.35. The van der Waals surface area contributed by atoms with Gasteiger partial charge in [-0.05, 0) is 29.1 Å². The first-order chi connectivity index (χ1) is 12.7. The van der Waals surface area contributed by atoms with Crippen LogP contribution in [0.5, 0.6) is 0 Å². The molecule has 27 heavy (non-hydrogen) atoms. The van der Waals surface area contributed by atoms with Crippen molar-refractivity contribution in [3.8, 4) is 0 Å². The summed E-state index contributed by atoms with van der Waals surface area (Å²) >= 11 is 1.63. The van der Waals surface area contributed by atoms with E-state index in [0.29, 0.717) is 31.9 Å². The highest BCUT2D eigenvalue weighted by atomic mass is 35.5. The van der Waals surface area contributed by atoms with Gasteiger partial charge in [-0.15, -0.1) is 28.8 Å². The Hall–Kier alpha value is -2.29. The molecular formula is C18H19ClFN5OS. The van der Waals surface area contributed by atoms with Crippen molar-refractivity contribution < 1.29 is 9.18 Å². The molecule has 4 rings (SSSR count). The van der Waals surface area contributed by atoms with Crippen LogP contribution in [-0.4, -0.2) is 45.4 Å². The Kier molecular flexibility index (Phi) is 6.20. The fraction of sp³-hybridized carbons (Fsp3) is 0.278. The first kappa shape index (κ1) is 19.5. The Labute approximate surface area is 166 Å². The zero-order valence-electron chi connectivity index (χ0n) is 14.4. The number of amides is 1. The van der Waals surface area contributed by atoms with Gasteiger partial charge in [0.05, 0.1) is 18.8 Å². The zero-order valence-corrected chi connectivity index (χ0v) is 16.0. The third-order valence-electron chi connectivity index (χ3n) is 4.39. The summed E-state index contributed by atoms with van der Waals surface area (Å²) in [6.45, 7) is 2.41. The van der Waals surface area contributed by atoms with Gasteiger partial charge in [-0.2, -0.15) is 0 Å². The molecule has 1 aliphatic rings. The van der Waals surface area contributed by atoms with E-state index in [-0.39, 0.29) is 30.2 Å². The first-order valence-corrected chi connectivity index (χ1v) is 9.28. The number of nitrogens with one attached hydrogen (secondary N) is 1. The Morgan fingerprint density at radius 3 is 3.00 bits per heavy atom. The quantitative estimate of drug-likeness (QED) is 0.722. The summed E-state index contributed by atoms with van der Waals surface area (Å²) < 4.78 is 15.3. The number of rotatable bonds is 4. The predicted molar refractivity (Wildman–Crippen MR) is 104 cm³/mol. The van der Waals surface area contributed by atoms with Crippen LogP contribution in [0.1, 0.15) is 27.0 Å². The van der Waals surface area contributed by atoms with Crippen LogP contribution >= 0.6 is 23.7 Å². The molecule has 0 saturated carbocycles. The lowest BCUT2D eigenvalue weighted by Crippen LogP contribution is -2.48. The fourth-order valence-corrected chi connectivity index (χ4v) is 3.84. The molecule has 3 aromatic rings. The van der Waals surface area contributed by atoms with E-state index < -0.39 is 0 Å². The van der Waals surface area contributed by atoms with Gasteiger partial charge in [0.2, 0.25) is 0 Å². The van der Waals surface area contributed by atoms with Gasteiger partial charge in [-0.1, -0.05) is 23.4 Å². The molecule has 3 heterocycles. The number of aromatic nitrogens is 3. The summed E-state index contributed by atoms with van der Waals surface area (Å²) in [5.41, 5.74) is 1.08. The van der Waals surface area contributed by atoms with E-state index in [1.807, 2.05) is 23.6 Å². The average molecular weight is 408 g/mol. The smallest absolute Gasteiger partial charge is 0.276 e. The minimum atomic E-state index is -0.303. The molecule has 0 radical (unpaired) electrons. The summed E-state index contributed by atoms with van der Waals surface area (Å²) in [4.78, 5) is 15.9. The van der Waals surface area contributed by atoms with Crippen LogP contribution in [0, 0.1) is 5.82 Å². The number of hydrogen-bond acceptors (Lipinski definition) is 5. The van der Waals surface area contributed by atoms with E-state index in [0.717, 1.165) is 10.4 Å². The molecule has 142 valence electrons. The van der Waals surface area contributed by atoms with Crippen molar-refractivity contribution in [2.45, 2.75) is 12.6 Å². The van der Waals surface area contributed by atoms with Gasteiger partial charge in [0.15, 0.2) is 5.69 Å². The maximum atomic E-state index is 13.6. The van der Waals surface area contributed by atoms with Crippen LogP contribution in [0.3, 0.4) is 0 Å². The second kappa shape index (κ2) is 8.60. The van der Waals surface area contributed by atoms with Crippen molar-refractivity contribution in [3.05, 3.63) is 69.9 Å². The largest absolute Gasteiger partial charge is 0.328 e. The Morgan fingerprint density at radius 1 is 1.33 bits per heavy atom. The zero-order chi connectivity index (χ0) is 17.9. The fourth-order valence-electron chi connectivity index (χ4n) is 3.14. The van der Waals surface area contributed by atoms with Gasteiger partial charge in [-0.3, -0.25) is 4.79 Å². The van der Waals surface area contributed by atoms with Crippen molar-refractivity contribution in [1.29, 1.82) is 0 Å². The Balaban J connectivity index is 0.00000210. The van der Waals surface area contributed by atoms with E-state index >= 15 is 0 Å². The second-order valence-electron chi connectivity index (χ2n) is 6.15. The van der Waals surface area contributed by atoms with Crippen molar-refractivity contribution >= 4 is 29.7 Å². The van der Waals surface area contributed by atoms with E-state index in [4.69, 9.17) is 0 Å². The van der Waals surface area contributed by atoms with Gasteiger partial charge in [0.1, 0.15) is 5.82 Å². The molecule has 1 atom stereocenters. The molecule has 1 aromatic carbocycles. The monoisotopic (exact) mass is 407 g/mol. The summed E-state index contributed by atoms with van der Waals surface area (Å²) in [7, 11) is 0. The number of piperazine rings is 1. The van der Waals surface area contributed by atoms with Crippen molar-refractivity contribution in [2.24, 2.45) is 0 Å². The first-order valence-electron chi connectivity index (χ1n) is 8.40. The van der Waals surface area contributed by atoms with Crippen LogP contribution in [0.2, 0.25) is 0 Å². The lowest BCUT2D eigenvalue weighted by Gasteiger charge is -2.36. The van der Waals surface area contributed by atoms with Crippen LogP contribution in [-0.2, 0) is 6.54 Å².